The number of ether oxygens (including phenoxy) is 2. The van der Waals surface area contributed by atoms with Crippen LogP contribution in [0.15, 0.2) is 18.3 Å². The Morgan fingerprint density at radius 2 is 2.10 bits per heavy atom. The molecule has 1 aromatic carbocycles. The van der Waals surface area contributed by atoms with E-state index in [9.17, 15) is 25.2 Å². The lowest BCUT2D eigenvalue weighted by molar-refractivity contribution is -0.159. The number of carbonyl (C=O) groups excluding carboxylic acids is 2. The second-order valence-electron chi connectivity index (χ2n) is 9.03. The average Bonchev–Trinajstić information content (AvgIpc) is 3.38. The number of alkyl carbamates (subject to hydrolysis) is 1. The maximum Gasteiger partial charge on any atom is 0.407 e. The molecule has 0 bridgehead atoms. The molecule has 16 heteroatoms. The number of nitriles is 2. The van der Waals surface area contributed by atoms with Gasteiger partial charge in [-0.15, -0.1) is 5.10 Å². The van der Waals surface area contributed by atoms with Gasteiger partial charge in [-0.2, -0.15) is 20.0 Å². The summed E-state index contributed by atoms with van der Waals surface area (Å²) in [5.41, 5.74) is 1.60. The minimum Gasteiger partial charge on any atom is -0.456 e. The van der Waals surface area contributed by atoms with Crippen LogP contribution in [-0.4, -0.2) is 81.7 Å². The monoisotopic (exact) mass is 582 g/mol. The Kier molecular flexibility index (Phi) is 8.91. The van der Waals surface area contributed by atoms with Gasteiger partial charge in [0.05, 0.1) is 53.9 Å². The van der Waals surface area contributed by atoms with Crippen LogP contribution >= 0.6 is 11.6 Å². The van der Waals surface area contributed by atoms with E-state index in [-0.39, 0.29) is 28.8 Å². The van der Waals surface area contributed by atoms with Crippen LogP contribution in [0, 0.1) is 22.7 Å². The summed E-state index contributed by atoms with van der Waals surface area (Å²) in [6.07, 6.45) is -1.19. The molecule has 3 aromatic rings. The van der Waals surface area contributed by atoms with Crippen molar-refractivity contribution in [2.24, 2.45) is 0 Å². The van der Waals surface area contributed by atoms with E-state index in [0.717, 1.165) is 0 Å². The Balaban J connectivity index is 1.69. The van der Waals surface area contributed by atoms with Gasteiger partial charge in [0.15, 0.2) is 17.2 Å². The predicted molar refractivity (Wildman–Crippen MR) is 147 cm³/mol. The number of carbonyl (C=O) groups is 2. The Morgan fingerprint density at radius 3 is 2.76 bits per heavy atom. The zero-order valence-corrected chi connectivity index (χ0v) is 23.1. The molecule has 2 aromatic heterocycles. The number of aromatic nitrogens is 4. The number of fused-ring (bicyclic) bond motifs is 1. The van der Waals surface area contributed by atoms with Crippen LogP contribution in [-0.2, 0) is 14.3 Å². The molecule has 1 saturated heterocycles. The quantitative estimate of drug-likeness (QED) is 0.281. The largest absolute Gasteiger partial charge is 0.456 e. The third kappa shape index (κ3) is 6.32. The maximum atomic E-state index is 12.2. The van der Waals surface area contributed by atoms with Crippen molar-refractivity contribution in [1.29, 1.82) is 10.5 Å². The zero-order chi connectivity index (χ0) is 29.7. The summed E-state index contributed by atoms with van der Waals surface area (Å²) in [6, 6.07) is 6.66. The minimum atomic E-state index is -1.37. The fourth-order valence-electron chi connectivity index (χ4n) is 4.29. The molecule has 1 aliphatic heterocycles. The lowest BCUT2D eigenvalue weighted by atomic mass is 10.0. The van der Waals surface area contributed by atoms with Crippen molar-refractivity contribution in [2.45, 2.75) is 38.5 Å². The molecule has 214 valence electrons. The molecular formula is C25H27ClN10O5. The minimum absolute atomic E-state index is 0.0920. The van der Waals surface area contributed by atoms with Crippen molar-refractivity contribution < 1.29 is 24.2 Å². The van der Waals surface area contributed by atoms with Gasteiger partial charge < -0.3 is 35.4 Å². The van der Waals surface area contributed by atoms with Crippen molar-refractivity contribution in [1.82, 2.24) is 24.9 Å². The van der Waals surface area contributed by atoms with Gasteiger partial charge >= 0.3 is 12.1 Å². The number of aliphatic hydroxyl groups is 1. The van der Waals surface area contributed by atoms with Gasteiger partial charge in [0, 0.05) is 13.1 Å². The number of nitrogens with one attached hydrogen (secondary N) is 3. The molecule has 4 rings (SSSR count). The number of piperidine rings is 1. The number of nitrogens with zero attached hydrogens (tertiary/aromatic N) is 7. The summed E-state index contributed by atoms with van der Waals surface area (Å²) in [5.74, 6) is -0.370. The van der Waals surface area contributed by atoms with E-state index >= 15 is 0 Å². The highest BCUT2D eigenvalue weighted by Crippen LogP contribution is 2.37. The highest BCUT2D eigenvalue weighted by atomic mass is 35.5. The Morgan fingerprint density at radius 1 is 1.32 bits per heavy atom. The number of methoxy groups -OCH3 is 1. The molecule has 15 nitrogen and oxygen atoms in total. The van der Waals surface area contributed by atoms with Gasteiger partial charge in [0.25, 0.3) is 0 Å². The molecule has 1 fully saturated rings. The summed E-state index contributed by atoms with van der Waals surface area (Å²) in [6.45, 7) is 4.17. The third-order valence-electron chi connectivity index (χ3n) is 6.25. The lowest BCUT2D eigenvalue weighted by Crippen LogP contribution is -2.56. The molecule has 1 aliphatic rings. The van der Waals surface area contributed by atoms with E-state index in [1.807, 2.05) is 17.9 Å². The fourth-order valence-corrected chi connectivity index (χ4v) is 4.57. The maximum absolute atomic E-state index is 12.2. The van der Waals surface area contributed by atoms with Crippen LogP contribution < -0.4 is 20.9 Å². The molecule has 0 spiro atoms. The average molecular weight is 583 g/mol. The molecule has 3 heterocycles. The number of esters is 1. The van der Waals surface area contributed by atoms with Crippen LogP contribution in [0.4, 0.5) is 27.9 Å². The van der Waals surface area contributed by atoms with E-state index in [1.165, 1.54) is 30.8 Å². The van der Waals surface area contributed by atoms with Gasteiger partial charge in [-0.25, -0.2) is 14.6 Å². The summed E-state index contributed by atoms with van der Waals surface area (Å²) >= 11 is 6.83. The van der Waals surface area contributed by atoms with E-state index in [4.69, 9.17) is 16.3 Å². The second-order valence-corrected chi connectivity index (χ2v) is 9.41. The van der Waals surface area contributed by atoms with Gasteiger partial charge in [0.1, 0.15) is 18.3 Å². The van der Waals surface area contributed by atoms with Crippen LogP contribution in [0.5, 0.6) is 0 Å². The summed E-state index contributed by atoms with van der Waals surface area (Å²) < 4.78 is 11.5. The first kappa shape index (κ1) is 29.1. The molecule has 4 N–H and O–H groups in total. The predicted octanol–water partition coefficient (Wildman–Crippen LogP) is 1.92. The van der Waals surface area contributed by atoms with Crippen molar-refractivity contribution in [3.8, 4) is 12.1 Å². The van der Waals surface area contributed by atoms with Crippen molar-refractivity contribution in [3.63, 3.8) is 0 Å². The highest BCUT2D eigenvalue weighted by molar-refractivity contribution is 6.36. The molecule has 0 aliphatic carbocycles. The van der Waals surface area contributed by atoms with Crippen molar-refractivity contribution in [3.05, 3.63) is 34.6 Å². The number of rotatable bonds is 8. The topological polar surface area (TPSA) is 203 Å². The first-order chi connectivity index (χ1) is 19.7. The van der Waals surface area contributed by atoms with Crippen molar-refractivity contribution >= 4 is 52.5 Å². The Hall–Kier alpha value is -4.86. The number of hydrogen-bond donors (Lipinski definition) is 4. The SMILES string of the molecule is CCNc1nc(Nc2cc(C#N)cc(N3CC[C@@H](NC(=O)OC)[C@H](OC(=O)C(C)O)C3)c2Cl)nn2c(C#N)cnc12. The molecule has 1 unspecified atom stereocenters. The first-order valence-electron chi connectivity index (χ1n) is 12.6. The summed E-state index contributed by atoms with van der Waals surface area (Å²) in [7, 11) is 1.22. The molecule has 41 heavy (non-hydrogen) atoms. The third-order valence-corrected chi connectivity index (χ3v) is 6.64. The summed E-state index contributed by atoms with van der Waals surface area (Å²) in [4.78, 5) is 34.6. The van der Waals surface area contributed by atoms with Crippen LogP contribution in [0.2, 0.25) is 5.02 Å². The molecule has 3 atom stereocenters. The Labute approximate surface area is 239 Å². The lowest BCUT2D eigenvalue weighted by Gasteiger charge is -2.39. The standard InChI is InChI=1S/C25H27ClN10O5/c1-4-29-21-22-30-11-15(10-28)36(22)34-24(33-21)31-17-7-14(9-27)8-18(20(17)26)35-6-5-16(32-25(39)40-3)19(12-35)41-23(38)13(2)37/h7-8,11,13,16,19,37H,4-6,12H2,1-3H3,(H,32,39)(H2,29,31,33,34)/t13?,16-,19-/m1/s1. The van der Waals surface area contributed by atoms with Gasteiger partial charge in [-0.05, 0) is 32.4 Å². The summed E-state index contributed by atoms with van der Waals surface area (Å²) in [5, 5.41) is 42.3. The molecule has 0 radical (unpaired) electrons. The van der Waals surface area contributed by atoms with E-state index in [2.05, 4.69) is 41.8 Å². The number of imidazole rings is 1. The smallest absolute Gasteiger partial charge is 0.407 e. The van der Waals surface area contributed by atoms with Crippen LogP contribution in [0.25, 0.3) is 5.65 Å². The Bertz CT molecular complexity index is 1550. The number of aliphatic hydroxyl groups excluding tert-OH is 1. The van der Waals surface area contributed by atoms with E-state index in [1.54, 1.807) is 6.07 Å². The number of hydrogen-bond acceptors (Lipinski definition) is 13. The first-order valence-corrected chi connectivity index (χ1v) is 12.9. The molecular weight excluding hydrogens is 556 g/mol. The number of benzene rings is 1. The number of halogens is 1. The van der Waals surface area contributed by atoms with E-state index in [0.29, 0.717) is 42.4 Å². The number of amides is 1. The fraction of sp³-hybridized carbons (Fsp3) is 0.400. The highest BCUT2D eigenvalue weighted by Gasteiger charge is 2.35. The van der Waals surface area contributed by atoms with Crippen molar-refractivity contribution in [2.75, 3.05) is 42.3 Å². The normalized spacial score (nSPS) is 17.2. The van der Waals surface area contributed by atoms with Gasteiger partial charge in [-0.1, -0.05) is 11.6 Å². The molecule has 0 saturated carbocycles. The second kappa shape index (κ2) is 12.5. The van der Waals surface area contributed by atoms with Gasteiger partial charge in [-0.3, -0.25) is 0 Å². The van der Waals surface area contributed by atoms with Crippen LogP contribution in [0.3, 0.4) is 0 Å². The molecule has 1 amide bonds. The zero-order valence-electron chi connectivity index (χ0n) is 22.4. The van der Waals surface area contributed by atoms with Gasteiger partial charge in [0.2, 0.25) is 5.95 Å². The van der Waals surface area contributed by atoms with E-state index < -0.39 is 30.3 Å². The van der Waals surface area contributed by atoms with Crippen LogP contribution in [0.1, 0.15) is 31.5 Å². The number of anilines is 4.